The molecule has 41 heteroatoms. The topological polar surface area (TPSA) is 520 Å². The number of primary amides is 2. The van der Waals surface area contributed by atoms with Crippen molar-refractivity contribution >= 4 is 112 Å². The van der Waals surface area contributed by atoms with E-state index in [2.05, 4.69) is 48.2 Å². The van der Waals surface area contributed by atoms with Crippen molar-refractivity contribution in [1.29, 1.82) is 4.35 Å². The SMILES string of the molecule is C=C(C)C(=O)OCCOC(=O)CNC(=O)[C@H](CCC(N)=O)NC(=O)OCc1ccccc1.C=C(C)C(=O)OCCOP(=O)([O-])OCC[N+](C)(C)C.CCC(C)(C(=O)OCCOC(=O)CNC(=O)[C@H](CCC(N)=O)NC(=O)OCc1ccccc1)C(C)(C)CC(C)C(=O)OCCOP(=O)([O-])OCC[N+](C)(C)C.[B].[NH]=[Al]. The van der Waals surface area contributed by atoms with E-state index < -0.39 is 136 Å². The van der Waals surface area contributed by atoms with Crippen LogP contribution in [0.25, 0.3) is 0 Å². The van der Waals surface area contributed by atoms with Crippen LogP contribution >= 0.6 is 15.6 Å². The maximum absolute atomic E-state index is 13.3. The van der Waals surface area contributed by atoms with Crippen molar-refractivity contribution in [3.63, 3.8) is 0 Å². The van der Waals surface area contributed by atoms with E-state index in [4.69, 9.17) is 58.0 Å². The second kappa shape index (κ2) is 55.2. The zero-order valence-corrected chi connectivity index (χ0v) is 67.4. The van der Waals surface area contributed by atoms with E-state index in [1.165, 1.54) is 13.8 Å². The van der Waals surface area contributed by atoms with Gasteiger partial charge in [0.25, 0.3) is 15.6 Å². The summed E-state index contributed by atoms with van der Waals surface area (Å²) >= 11 is 1.67. The molecule has 610 valence electrons. The van der Waals surface area contributed by atoms with Crippen LogP contribution in [0.3, 0.4) is 0 Å². The Kier molecular flexibility index (Phi) is 53.1. The molecule has 6 atom stereocenters. The third-order valence-corrected chi connectivity index (χ3v) is 16.7. The zero-order chi connectivity index (χ0) is 82.9. The third-order valence-electron chi connectivity index (χ3n) is 14.7. The molecular formula is C68H109AlBN9O28P2. The van der Waals surface area contributed by atoms with Crippen molar-refractivity contribution in [3.05, 3.63) is 96.1 Å². The Labute approximate surface area is 647 Å². The van der Waals surface area contributed by atoms with Gasteiger partial charge in [-0.25, -0.2) is 19.2 Å². The fourth-order valence-corrected chi connectivity index (χ4v) is 9.55. The molecule has 0 aromatic heterocycles. The van der Waals surface area contributed by atoms with Crippen molar-refractivity contribution < 1.29 is 141 Å². The number of carbonyl (C=O) groups excluding carboxylic acids is 12. The Morgan fingerprint density at radius 1 is 0.532 bits per heavy atom. The average molecular weight is 1600 g/mol. The first kappa shape index (κ1) is 105. The number of rotatable bonds is 48. The Hall–Kier alpha value is -8.30. The molecule has 0 aliphatic rings. The van der Waals surface area contributed by atoms with E-state index in [0.29, 0.717) is 28.5 Å². The third kappa shape index (κ3) is 52.4. The van der Waals surface area contributed by atoms with Crippen LogP contribution in [0.15, 0.2) is 85.0 Å². The first-order valence-corrected chi connectivity index (χ1v) is 37.2. The number of carbonyl (C=O) groups is 12. The predicted molar refractivity (Wildman–Crippen MR) is 390 cm³/mol. The van der Waals surface area contributed by atoms with Crippen LogP contribution in [0.5, 0.6) is 0 Å². The summed E-state index contributed by atoms with van der Waals surface area (Å²) in [7, 11) is 2.49. The molecule has 2 rings (SSSR count). The van der Waals surface area contributed by atoms with Gasteiger partial charge in [-0.1, -0.05) is 102 Å². The monoisotopic (exact) mass is 1600 g/mol. The first-order valence-electron chi connectivity index (χ1n) is 33.7. The van der Waals surface area contributed by atoms with Crippen LogP contribution in [-0.2, 0) is 126 Å². The van der Waals surface area contributed by atoms with Gasteiger partial charge in [0.15, 0.2) is 0 Å². The van der Waals surface area contributed by atoms with E-state index in [-0.39, 0.29) is 124 Å². The number of likely N-dealkylation sites (N-methyl/N-ethyl adjacent to an activating group) is 2. The zero-order valence-electron chi connectivity index (χ0n) is 64.5. The van der Waals surface area contributed by atoms with E-state index in [0.717, 1.165) is 11.1 Å². The summed E-state index contributed by atoms with van der Waals surface area (Å²) in [5.41, 5.74) is 10.4. The van der Waals surface area contributed by atoms with Gasteiger partial charge in [0.1, 0.15) is 104 Å². The minimum absolute atomic E-state index is 0. The summed E-state index contributed by atoms with van der Waals surface area (Å²) in [6.45, 7) is 16.2. The van der Waals surface area contributed by atoms with Crippen LogP contribution in [-0.4, -0.2) is 252 Å². The summed E-state index contributed by atoms with van der Waals surface area (Å²) in [5.74, 6) is -7.57. The Morgan fingerprint density at radius 2 is 0.862 bits per heavy atom. The fourth-order valence-electron chi connectivity index (χ4n) is 8.20. The minimum atomic E-state index is -4.56. The number of hydrogen-bond acceptors (Lipinski definition) is 29. The summed E-state index contributed by atoms with van der Waals surface area (Å²) in [5, 5.41) is 9.33. The molecule has 0 heterocycles. The number of nitrogens with zero attached hydrogens (tertiary/aromatic N) is 2. The molecule has 109 heavy (non-hydrogen) atoms. The number of nitrogens with one attached hydrogen (secondary N) is 5. The van der Waals surface area contributed by atoms with Crippen molar-refractivity contribution in [1.82, 2.24) is 21.3 Å². The fraction of sp³-hybridized carbons (Fsp3) is 0.588. The number of hydrogen-bond donors (Lipinski definition) is 7. The molecule has 2 aromatic rings. The van der Waals surface area contributed by atoms with E-state index in [1.54, 1.807) is 91.5 Å². The molecule has 4 radical (unpaired) electrons. The van der Waals surface area contributed by atoms with Gasteiger partial charge in [-0.05, 0) is 63.0 Å². The normalized spacial score (nSPS) is 13.3. The summed E-state index contributed by atoms with van der Waals surface area (Å²) in [6, 6.07) is 15.3. The number of ether oxygens (including phenoxy) is 8. The second-order valence-electron chi connectivity index (χ2n) is 26.5. The molecule has 2 aromatic carbocycles. The molecule has 9 N–H and O–H groups in total. The molecule has 0 aliphatic heterocycles. The molecule has 0 spiro atoms. The molecule has 0 saturated heterocycles. The molecule has 4 unspecified atom stereocenters. The van der Waals surface area contributed by atoms with E-state index >= 15 is 0 Å². The van der Waals surface area contributed by atoms with Gasteiger partial charge in [-0.15, -0.1) is 0 Å². The quantitative estimate of drug-likeness (QED) is 0.00949. The van der Waals surface area contributed by atoms with Crippen molar-refractivity contribution in [2.45, 2.75) is 112 Å². The van der Waals surface area contributed by atoms with Gasteiger partial charge in [0.05, 0.1) is 66.8 Å². The van der Waals surface area contributed by atoms with Crippen LogP contribution in [0.2, 0.25) is 0 Å². The summed E-state index contributed by atoms with van der Waals surface area (Å²) < 4.78 is 89.0. The second-order valence-corrected chi connectivity index (χ2v) is 29.3. The van der Waals surface area contributed by atoms with Crippen LogP contribution in [0, 0.1) is 21.1 Å². The van der Waals surface area contributed by atoms with Gasteiger partial charge >= 0.3 is 68.4 Å². The van der Waals surface area contributed by atoms with Gasteiger partial charge in [0, 0.05) is 32.4 Å². The van der Waals surface area contributed by atoms with Gasteiger partial charge in [-0.3, -0.25) is 47.5 Å². The Morgan fingerprint density at radius 3 is 1.20 bits per heavy atom. The van der Waals surface area contributed by atoms with Crippen molar-refractivity contribution in [2.24, 2.45) is 28.2 Å². The van der Waals surface area contributed by atoms with E-state index in [9.17, 15) is 76.5 Å². The number of benzene rings is 2. The van der Waals surface area contributed by atoms with Crippen molar-refractivity contribution in [2.75, 3.05) is 135 Å². The van der Waals surface area contributed by atoms with Gasteiger partial charge < -0.3 is 107 Å². The number of esters is 6. The molecule has 6 amide bonds. The van der Waals surface area contributed by atoms with Gasteiger partial charge in [-0.2, -0.15) is 0 Å². The number of phosphoric ester groups is 2. The molecular weight excluding hydrogens is 1490 g/mol. The van der Waals surface area contributed by atoms with Crippen LogP contribution < -0.4 is 42.5 Å². The molecule has 0 saturated carbocycles. The van der Waals surface area contributed by atoms with Crippen LogP contribution in [0.1, 0.15) is 98.1 Å². The first-order chi connectivity index (χ1) is 50.2. The number of phosphoric acid groups is 2. The molecule has 0 fully saturated rings. The predicted octanol–water partition coefficient (Wildman–Crippen LogP) is 2.14. The summed E-state index contributed by atoms with van der Waals surface area (Å²) in [4.78, 5) is 167. The van der Waals surface area contributed by atoms with Crippen molar-refractivity contribution in [3.8, 4) is 0 Å². The van der Waals surface area contributed by atoms with E-state index in [1.807, 2.05) is 62.2 Å². The summed E-state index contributed by atoms with van der Waals surface area (Å²) in [6.07, 6.45) is -1.85. The molecule has 0 bridgehead atoms. The molecule has 37 nitrogen and oxygen atoms in total. The number of quaternary nitrogens is 2. The van der Waals surface area contributed by atoms with Gasteiger partial charge in [0.2, 0.25) is 23.6 Å². The average Bonchev–Trinajstić information content (AvgIpc) is 0.784. The van der Waals surface area contributed by atoms with Crippen LogP contribution in [0.4, 0.5) is 9.59 Å². The molecule has 0 aliphatic carbocycles. The number of alkyl carbamates (subject to hydrolysis) is 2. The maximum atomic E-state index is 13.3. The Bertz CT molecular complexity index is 3310. The number of nitrogens with two attached hydrogens (primary N) is 2. The standard InChI is InChI=1S/C36H59N4O14P.C21H27N3O8.C11H22NO6P.Al.B.HN/c1-9-36(5,35(3,4)23-26(2)32(44)50-21-22-54-55(47,48)53-18-17-40(6,7)8)33(45)51-20-19-49-30(42)24-38-31(43)28(15-16-29(37)41)39-34(46)52-25-27-13-11-10-12-14-27;1-14(2)20(28)31-11-10-30-18(26)12-23-19(27)16(8-9-17(22)25)24-21(29)32-13-15-6-4-3-5-7-15;1-10(2)11(13)16-8-9-18-19(14,15)17-7-6-12(3,4)5;;;/h10-14,26,28H,9,15-25H2,1-8H3,(H4-,37,38,39,41,43,46,47,48);3-7,16H,1,8-13H2,2H3,(H2,22,25)(H,23,27)(H,24,29);1,6-9H2,2-5H3;;;1H/t26?,28-,36?;16-;;;;/m00..../s1. The Balaban J connectivity index is -0.00000174. The number of amides is 6.